The quantitative estimate of drug-likeness (QED) is 0.481. The van der Waals surface area contributed by atoms with Gasteiger partial charge in [0, 0.05) is 0 Å². The number of benzene rings is 3. The van der Waals surface area contributed by atoms with E-state index in [-0.39, 0.29) is 5.41 Å². The second kappa shape index (κ2) is 7.79. The summed E-state index contributed by atoms with van der Waals surface area (Å²) in [5.74, 6) is -0.903. The Hall–Kier alpha value is -3.39. The molecule has 2 heteroatoms. The molecule has 0 fully saturated rings. The summed E-state index contributed by atoms with van der Waals surface area (Å²) in [6, 6.07) is 24.3. The molecule has 1 aliphatic carbocycles. The van der Waals surface area contributed by atoms with E-state index in [9.17, 15) is 4.79 Å². The molecule has 0 heterocycles. The van der Waals surface area contributed by atoms with Crippen LogP contribution in [0.1, 0.15) is 65.4 Å². The molecule has 1 N–H and O–H groups in total. The van der Waals surface area contributed by atoms with Gasteiger partial charge in [0.15, 0.2) is 0 Å². The summed E-state index contributed by atoms with van der Waals surface area (Å²) in [6.45, 7) is 6.71. The predicted octanol–water partition coefficient (Wildman–Crippen LogP) is 7.06. The Morgan fingerprint density at radius 2 is 1.60 bits per heavy atom. The Bertz CT molecular complexity index is 1150. The molecule has 150 valence electrons. The van der Waals surface area contributed by atoms with Crippen molar-refractivity contribution in [3.8, 4) is 0 Å². The molecule has 1 aliphatic rings. The van der Waals surface area contributed by atoms with Crippen molar-refractivity contribution < 1.29 is 9.90 Å². The van der Waals surface area contributed by atoms with Crippen molar-refractivity contribution in [3.05, 3.63) is 112 Å². The van der Waals surface area contributed by atoms with Crippen molar-refractivity contribution in [2.45, 2.75) is 32.6 Å². The van der Waals surface area contributed by atoms with Crippen LogP contribution in [0.4, 0.5) is 0 Å². The van der Waals surface area contributed by atoms with Crippen LogP contribution in [0, 0.1) is 0 Å². The molecule has 0 unspecified atom stereocenters. The fourth-order valence-electron chi connectivity index (χ4n) is 4.13. The van der Waals surface area contributed by atoms with E-state index in [0.717, 1.165) is 17.6 Å². The summed E-state index contributed by atoms with van der Waals surface area (Å²) in [6.07, 6.45) is 5.49. The van der Waals surface area contributed by atoms with Gasteiger partial charge in [-0.2, -0.15) is 0 Å². The Balaban J connectivity index is 1.75. The summed E-state index contributed by atoms with van der Waals surface area (Å²) in [5.41, 5.74) is 8.95. The normalized spacial score (nSPS) is 15.3. The zero-order chi connectivity index (χ0) is 21.3. The summed E-state index contributed by atoms with van der Waals surface area (Å²) in [5, 5.41) is 9.09. The lowest BCUT2D eigenvalue weighted by Crippen LogP contribution is -2.22. The van der Waals surface area contributed by atoms with Crippen molar-refractivity contribution in [1.29, 1.82) is 0 Å². The monoisotopic (exact) mass is 394 g/mol. The van der Waals surface area contributed by atoms with Gasteiger partial charge >= 0.3 is 5.97 Å². The highest BCUT2D eigenvalue weighted by Crippen LogP contribution is 2.42. The number of allylic oxidation sites excluding steroid dienone is 2. The van der Waals surface area contributed by atoms with Crippen molar-refractivity contribution in [2.24, 2.45) is 0 Å². The standard InChI is InChI=1S/C28H26O2/c1-19(17-20-9-11-22(12-10-20)27(29)30)23-13-14-26-25(18-23)24(15-16-28(26,2)3)21-7-5-4-6-8-21/h4-15,17-18H,16H2,1-3H3,(H,29,30). The molecule has 0 saturated carbocycles. The van der Waals surface area contributed by atoms with Crippen LogP contribution in [-0.4, -0.2) is 11.1 Å². The van der Waals surface area contributed by atoms with Crippen LogP contribution in [0.3, 0.4) is 0 Å². The lowest BCUT2D eigenvalue weighted by molar-refractivity contribution is 0.0697. The van der Waals surface area contributed by atoms with E-state index in [1.807, 2.05) is 12.1 Å². The molecule has 0 atom stereocenters. The summed E-state index contributed by atoms with van der Waals surface area (Å²) in [4.78, 5) is 11.1. The molecule has 3 aromatic rings. The molecule has 4 rings (SSSR count). The zero-order valence-corrected chi connectivity index (χ0v) is 17.6. The first-order valence-corrected chi connectivity index (χ1v) is 10.3. The number of rotatable bonds is 4. The highest BCUT2D eigenvalue weighted by molar-refractivity contribution is 5.89. The average Bonchev–Trinajstić information content (AvgIpc) is 2.74. The number of aromatic carboxylic acids is 1. The van der Waals surface area contributed by atoms with E-state index in [1.54, 1.807) is 12.1 Å². The minimum Gasteiger partial charge on any atom is -0.478 e. The van der Waals surface area contributed by atoms with E-state index in [4.69, 9.17) is 5.11 Å². The van der Waals surface area contributed by atoms with E-state index < -0.39 is 5.97 Å². The molecule has 0 aliphatic heterocycles. The Labute approximate surface area is 178 Å². The third kappa shape index (κ3) is 3.86. The first kappa shape index (κ1) is 19.9. The molecule has 0 bridgehead atoms. The number of fused-ring (bicyclic) bond motifs is 1. The van der Waals surface area contributed by atoms with Gasteiger partial charge in [-0.15, -0.1) is 0 Å². The van der Waals surface area contributed by atoms with E-state index >= 15 is 0 Å². The maximum atomic E-state index is 11.1. The number of hydrogen-bond donors (Lipinski definition) is 1. The fourth-order valence-corrected chi connectivity index (χ4v) is 4.13. The van der Waals surface area contributed by atoms with E-state index in [1.165, 1.54) is 27.8 Å². The first-order valence-electron chi connectivity index (χ1n) is 10.3. The summed E-state index contributed by atoms with van der Waals surface area (Å²) in [7, 11) is 0. The van der Waals surface area contributed by atoms with Gasteiger partial charge in [0.2, 0.25) is 0 Å². The predicted molar refractivity (Wildman–Crippen MR) is 125 cm³/mol. The summed E-state index contributed by atoms with van der Waals surface area (Å²) >= 11 is 0. The average molecular weight is 395 g/mol. The molecular weight excluding hydrogens is 368 g/mol. The molecule has 30 heavy (non-hydrogen) atoms. The Morgan fingerprint density at radius 3 is 2.27 bits per heavy atom. The largest absolute Gasteiger partial charge is 0.478 e. The number of carboxylic acids is 1. The zero-order valence-electron chi connectivity index (χ0n) is 17.6. The first-order chi connectivity index (χ1) is 14.3. The molecule has 2 nitrogen and oxygen atoms in total. The van der Waals surface area contributed by atoms with Gasteiger partial charge in [-0.25, -0.2) is 4.79 Å². The van der Waals surface area contributed by atoms with Gasteiger partial charge in [-0.3, -0.25) is 0 Å². The van der Waals surface area contributed by atoms with Gasteiger partial charge in [-0.1, -0.05) is 80.6 Å². The molecular formula is C28H26O2. The molecule has 0 aromatic heterocycles. The van der Waals surface area contributed by atoms with Crippen molar-refractivity contribution in [3.63, 3.8) is 0 Å². The highest BCUT2D eigenvalue weighted by Gasteiger charge is 2.28. The molecule has 0 spiro atoms. The summed E-state index contributed by atoms with van der Waals surface area (Å²) < 4.78 is 0. The smallest absolute Gasteiger partial charge is 0.335 e. The minimum absolute atomic E-state index is 0.108. The number of carbonyl (C=O) groups is 1. The van der Waals surface area contributed by atoms with Gasteiger partial charge in [0.05, 0.1) is 5.56 Å². The topological polar surface area (TPSA) is 37.3 Å². The third-order valence-electron chi connectivity index (χ3n) is 5.94. The molecule has 0 saturated heterocycles. The van der Waals surface area contributed by atoms with Crippen molar-refractivity contribution in [2.75, 3.05) is 0 Å². The van der Waals surface area contributed by atoms with Gasteiger partial charge < -0.3 is 5.11 Å². The van der Waals surface area contributed by atoms with Crippen LogP contribution >= 0.6 is 0 Å². The van der Waals surface area contributed by atoms with Crippen LogP contribution in [0.5, 0.6) is 0 Å². The Morgan fingerprint density at radius 1 is 0.933 bits per heavy atom. The minimum atomic E-state index is -0.903. The maximum absolute atomic E-state index is 11.1. The third-order valence-corrected chi connectivity index (χ3v) is 5.94. The lowest BCUT2D eigenvalue weighted by atomic mass is 9.71. The molecule has 3 aromatic carbocycles. The van der Waals surface area contributed by atoms with Crippen LogP contribution < -0.4 is 0 Å². The lowest BCUT2D eigenvalue weighted by Gasteiger charge is -2.32. The van der Waals surface area contributed by atoms with Crippen molar-refractivity contribution in [1.82, 2.24) is 0 Å². The van der Waals surface area contributed by atoms with Gasteiger partial charge in [-0.05, 0) is 75.9 Å². The highest BCUT2D eigenvalue weighted by atomic mass is 16.4. The second-order valence-corrected chi connectivity index (χ2v) is 8.59. The van der Waals surface area contributed by atoms with Crippen LogP contribution in [0.25, 0.3) is 17.2 Å². The van der Waals surface area contributed by atoms with Crippen LogP contribution in [0.2, 0.25) is 0 Å². The SMILES string of the molecule is CC(=Cc1ccc(C(=O)O)cc1)c1ccc2c(c1)C(c1ccccc1)=CCC2(C)C. The molecule has 0 radical (unpaired) electrons. The Kier molecular flexibility index (Phi) is 5.17. The van der Waals surface area contributed by atoms with Crippen LogP contribution in [0.15, 0.2) is 78.9 Å². The van der Waals surface area contributed by atoms with Crippen LogP contribution in [-0.2, 0) is 5.41 Å². The van der Waals surface area contributed by atoms with E-state index in [2.05, 4.69) is 81.5 Å². The van der Waals surface area contributed by atoms with E-state index in [0.29, 0.717) is 5.56 Å². The maximum Gasteiger partial charge on any atom is 0.335 e. The van der Waals surface area contributed by atoms with Gasteiger partial charge in [0.25, 0.3) is 0 Å². The molecule has 0 amide bonds. The van der Waals surface area contributed by atoms with Crippen molar-refractivity contribution >= 4 is 23.2 Å². The van der Waals surface area contributed by atoms with Gasteiger partial charge in [0.1, 0.15) is 0 Å². The number of hydrogen-bond acceptors (Lipinski definition) is 1. The fraction of sp³-hybridized carbons (Fsp3) is 0.179. The number of carboxylic acid groups (broad SMARTS) is 1. The second-order valence-electron chi connectivity index (χ2n) is 8.59.